The van der Waals surface area contributed by atoms with Crippen LogP contribution in [0.3, 0.4) is 0 Å². The zero-order chi connectivity index (χ0) is 21.8. The van der Waals surface area contributed by atoms with Crippen molar-refractivity contribution in [2.45, 2.75) is 45.4 Å². The van der Waals surface area contributed by atoms with Crippen LogP contribution in [-0.2, 0) is 0 Å². The number of rotatable bonds is 9. The van der Waals surface area contributed by atoms with E-state index in [2.05, 4.69) is 52.0 Å². The topological polar surface area (TPSA) is 12.4 Å². The first-order valence-corrected chi connectivity index (χ1v) is 11.9. The summed E-state index contributed by atoms with van der Waals surface area (Å²) in [7, 11) is 0. The Bertz CT molecular complexity index is 903. The van der Waals surface area contributed by atoms with Gasteiger partial charge in [0.15, 0.2) is 0 Å². The van der Waals surface area contributed by atoms with E-state index in [1.807, 2.05) is 23.6 Å². The number of nitrogens with zero attached hydrogens (tertiary/aromatic N) is 1. The summed E-state index contributed by atoms with van der Waals surface area (Å²) in [6.45, 7) is 8.54. The molecule has 0 unspecified atom stereocenters. The van der Waals surface area contributed by atoms with Crippen molar-refractivity contribution in [1.82, 2.24) is 0 Å². The molecule has 0 fully saturated rings. The second-order valence-corrected chi connectivity index (χ2v) is 9.36. The van der Waals surface area contributed by atoms with Crippen LogP contribution in [-0.4, -0.2) is 10.8 Å². The molecular formula is C26H30FNS2. The molecule has 30 heavy (non-hydrogen) atoms. The average molecular weight is 440 g/mol. The van der Waals surface area contributed by atoms with Crippen LogP contribution in [0.25, 0.3) is 0 Å². The van der Waals surface area contributed by atoms with E-state index in [1.165, 1.54) is 28.8 Å². The lowest BCUT2D eigenvalue weighted by Crippen LogP contribution is -1.89. The SMILES string of the molecule is CC(C)=CCC/C(C)=C/CSC(C=CSc1ccc(F)cc1)=Nc1ccc(C)cc1. The first kappa shape index (κ1) is 24.2. The van der Waals surface area contributed by atoms with Gasteiger partial charge < -0.3 is 0 Å². The zero-order valence-electron chi connectivity index (χ0n) is 18.2. The van der Waals surface area contributed by atoms with Crippen LogP contribution in [0.5, 0.6) is 0 Å². The lowest BCUT2D eigenvalue weighted by molar-refractivity contribution is 0.626. The van der Waals surface area contributed by atoms with Gasteiger partial charge in [-0.2, -0.15) is 0 Å². The van der Waals surface area contributed by atoms with Crippen molar-refractivity contribution in [1.29, 1.82) is 0 Å². The third-order valence-corrected chi connectivity index (χ3v) is 5.93. The van der Waals surface area contributed by atoms with Gasteiger partial charge in [-0.3, -0.25) is 0 Å². The summed E-state index contributed by atoms with van der Waals surface area (Å²) in [5, 5.41) is 2.97. The lowest BCUT2D eigenvalue weighted by atomic mass is 10.1. The van der Waals surface area contributed by atoms with Gasteiger partial charge in [-0.15, -0.1) is 11.8 Å². The number of allylic oxidation sites excluding steroid dienone is 3. The highest BCUT2D eigenvalue weighted by Crippen LogP contribution is 2.22. The number of halogens is 1. The van der Waals surface area contributed by atoms with Crippen molar-refractivity contribution in [2.75, 3.05) is 5.75 Å². The minimum atomic E-state index is -0.216. The monoisotopic (exact) mass is 439 g/mol. The Hall–Kier alpha value is -2.04. The molecule has 0 saturated heterocycles. The minimum absolute atomic E-state index is 0.216. The molecule has 0 aliphatic carbocycles. The largest absolute Gasteiger partial charge is 0.242 e. The third-order valence-electron chi connectivity index (χ3n) is 4.26. The second kappa shape index (κ2) is 13.3. The molecule has 0 atom stereocenters. The van der Waals surface area contributed by atoms with Crippen LogP contribution in [0.1, 0.15) is 39.2 Å². The van der Waals surface area contributed by atoms with Crippen molar-refractivity contribution >= 4 is 34.3 Å². The normalized spacial score (nSPS) is 12.4. The zero-order valence-corrected chi connectivity index (χ0v) is 19.8. The van der Waals surface area contributed by atoms with Crippen molar-refractivity contribution in [3.8, 4) is 0 Å². The molecule has 2 aromatic rings. The summed E-state index contributed by atoms with van der Waals surface area (Å²) < 4.78 is 13.1. The van der Waals surface area contributed by atoms with Gasteiger partial charge >= 0.3 is 0 Å². The molecule has 0 spiro atoms. The molecule has 0 radical (unpaired) electrons. The van der Waals surface area contributed by atoms with Crippen LogP contribution in [0.2, 0.25) is 0 Å². The summed E-state index contributed by atoms with van der Waals surface area (Å²) in [4.78, 5) is 5.81. The summed E-state index contributed by atoms with van der Waals surface area (Å²) >= 11 is 3.29. The second-order valence-electron chi connectivity index (χ2n) is 7.34. The Morgan fingerprint density at radius 1 is 0.967 bits per heavy atom. The fourth-order valence-corrected chi connectivity index (χ4v) is 4.11. The first-order valence-electron chi connectivity index (χ1n) is 10.1. The molecule has 0 amide bonds. The highest BCUT2D eigenvalue weighted by molar-refractivity contribution is 8.14. The van der Waals surface area contributed by atoms with Gasteiger partial charge in [0.25, 0.3) is 0 Å². The number of aliphatic imine (C=N–C) groups is 1. The Kier molecular flexibility index (Phi) is 10.7. The molecule has 0 saturated carbocycles. The Morgan fingerprint density at radius 2 is 1.67 bits per heavy atom. The summed E-state index contributed by atoms with van der Waals surface area (Å²) in [5.74, 6) is 0.670. The fourth-order valence-electron chi connectivity index (χ4n) is 2.51. The smallest absolute Gasteiger partial charge is 0.123 e. The van der Waals surface area contributed by atoms with Crippen molar-refractivity contribution < 1.29 is 4.39 Å². The Labute approximate surface area is 189 Å². The molecule has 1 nitrogen and oxygen atoms in total. The summed E-state index contributed by atoms with van der Waals surface area (Å²) in [6.07, 6.45) is 8.78. The molecule has 0 aromatic heterocycles. The highest BCUT2D eigenvalue weighted by atomic mass is 32.2. The van der Waals surface area contributed by atoms with Crippen LogP contribution in [0, 0.1) is 12.7 Å². The molecule has 2 aromatic carbocycles. The molecular weight excluding hydrogens is 409 g/mol. The standard InChI is InChI=1S/C26H30FNS2/c1-20(2)6-5-7-21(3)16-18-30-26(28-24-12-8-22(4)9-13-24)17-19-29-25-14-10-23(27)11-15-25/h6,8-17,19H,5,7,18H2,1-4H3/b19-17?,21-16+,28-26?. The Morgan fingerprint density at radius 3 is 2.33 bits per heavy atom. The molecule has 0 heterocycles. The fraction of sp³-hybridized carbons (Fsp3) is 0.269. The van der Waals surface area contributed by atoms with Crippen LogP contribution in [0.15, 0.2) is 93.2 Å². The summed E-state index contributed by atoms with van der Waals surface area (Å²) in [5.41, 5.74) is 4.94. The van der Waals surface area contributed by atoms with Crippen molar-refractivity contribution in [3.05, 3.63) is 94.7 Å². The van der Waals surface area contributed by atoms with E-state index in [0.717, 1.165) is 34.2 Å². The molecule has 0 N–H and O–H groups in total. The first-order chi connectivity index (χ1) is 14.4. The molecule has 0 aliphatic heterocycles. The van der Waals surface area contributed by atoms with Crippen LogP contribution < -0.4 is 0 Å². The molecule has 158 valence electrons. The predicted octanol–water partition coefficient (Wildman–Crippen LogP) is 8.90. The number of thioether (sulfide) groups is 2. The van der Waals surface area contributed by atoms with E-state index in [-0.39, 0.29) is 5.82 Å². The number of aryl methyl sites for hydroxylation is 1. The van der Waals surface area contributed by atoms with Gasteiger partial charge in [0.2, 0.25) is 0 Å². The number of hydrogen-bond donors (Lipinski definition) is 0. The quantitative estimate of drug-likeness (QED) is 0.167. The van der Waals surface area contributed by atoms with E-state index in [0.29, 0.717) is 0 Å². The average Bonchev–Trinajstić information content (AvgIpc) is 2.70. The van der Waals surface area contributed by atoms with Gasteiger partial charge in [-0.1, -0.05) is 52.8 Å². The van der Waals surface area contributed by atoms with E-state index in [9.17, 15) is 4.39 Å². The number of benzene rings is 2. The lowest BCUT2D eigenvalue weighted by Gasteiger charge is -2.03. The third kappa shape index (κ3) is 10.1. The van der Waals surface area contributed by atoms with Gasteiger partial charge in [-0.05, 0) is 88.4 Å². The molecule has 4 heteroatoms. The highest BCUT2D eigenvalue weighted by Gasteiger charge is 1.99. The van der Waals surface area contributed by atoms with Crippen molar-refractivity contribution in [2.24, 2.45) is 4.99 Å². The van der Waals surface area contributed by atoms with Crippen LogP contribution >= 0.6 is 23.5 Å². The van der Waals surface area contributed by atoms with E-state index in [4.69, 9.17) is 4.99 Å². The van der Waals surface area contributed by atoms with Gasteiger partial charge in [0.05, 0.1) is 10.7 Å². The van der Waals surface area contributed by atoms with E-state index >= 15 is 0 Å². The maximum Gasteiger partial charge on any atom is 0.123 e. The maximum absolute atomic E-state index is 13.1. The maximum atomic E-state index is 13.1. The van der Waals surface area contributed by atoms with E-state index in [1.54, 1.807) is 35.7 Å². The van der Waals surface area contributed by atoms with Gasteiger partial charge in [0, 0.05) is 10.6 Å². The van der Waals surface area contributed by atoms with E-state index < -0.39 is 0 Å². The summed E-state index contributed by atoms with van der Waals surface area (Å²) in [6, 6.07) is 14.8. The molecule has 0 bridgehead atoms. The van der Waals surface area contributed by atoms with Crippen molar-refractivity contribution in [3.63, 3.8) is 0 Å². The predicted molar refractivity (Wildman–Crippen MR) is 135 cm³/mol. The Balaban J connectivity index is 2.03. The number of hydrogen-bond acceptors (Lipinski definition) is 3. The molecule has 0 aliphatic rings. The molecule has 2 rings (SSSR count). The minimum Gasteiger partial charge on any atom is -0.242 e. The van der Waals surface area contributed by atoms with Gasteiger partial charge in [-0.25, -0.2) is 9.38 Å². The van der Waals surface area contributed by atoms with Gasteiger partial charge in [0.1, 0.15) is 5.82 Å². The van der Waals surface area contributed by atoms with Crippen LogP contribution in [0.4, 0.5) is 10.1 Å².